The van der Waals surface area contributed by atoms with Gasteiger partial charge in [-0.3, -0.25) is 9.59 Å². The largest absolute Gasteiger partial charge is 0.484 e. The molecule has 0 aromatic heterocycles. The highest BCUT2D eigenvalue weighted by Crippen LogP contribution is 2.26. The maximum Gasteiger partial charge on any atom is 0.261 e. The molecule has 5 rings (SSSR count). The predicted molar refractivity (Wildman–Crippen MR) is 172 cm³/mol. The average Bonchev–Trinajstić information content (AvgIpc) is 3.09. The number of morpholine rings is 1. The standard InChI is InChI=1S/C35H40FN3O6S/c36-30-13-11-28(12-14-30)25-39(34(29-9-5-2-6-10-29)35(41)37-20-19-27-7-3-1-4-8-27)33(40)26-45-31-15-17-32(18-16-31)46(42,43)38-21-23-44-24-22-38/h2,5-7,9-18,34H,1,3-4,8,19-26H2,(H,37,41)/t34-/m1/s1. The molecule has 2 aliphatic rings. The molecular formula is C35H40FN3O6S. The Morgan fingerprint density at radius 3 is 2.35 bits per heavy atom. The zero-order chi connectivity index (χ0) is 32.4. The van der Waals surface area contributed by atoms with Gasteiger partial charge in [-0.2, -0.15) is 4.31 Å². The highest BCUT2D eigenvalue weighted by atomic mass is 32.2. The number of carbonyl (C=O) groups is 2. The minimum atomic E-state index is -3.68. The first-order valence-electron chi connectivity index (χ1n) is 15.7. The van der Waals surface area contributed by atoms with E-state index < -0.39 is 34.4 Å². The number of nitrogens with zero attached hydrogens (tertiary/aromatic N) is 2. The number of hydrogen-bond acceptors (Lipinski definition) is 6. The molecule has 244 valence electrons. The Balaban J connectivity index is 1.33. The first-order chi connectivity index (χ1) is 22.3. The van der Waals surface area contributed by atoms with Crippen molar-refractivity contribution in [1.29, 1.82) is 0 Å². The summed E-state index contributed by atoms with van der Waals surface area (Å²) in [5.41, 5.74) is 2.61. The van der Waals surface area contributed by atoms with E-state index in [-0.39, 0.29) is 30.4 Å². The number of nitrogens with one attached hydrogen (secondary N) is 1. The van der Waals surface area contributed by atoms with Crippen molar-refractivity contribution >= 4 is 21.8 Å². The van der Waals surface area contributed by atoms with E-state index in [1.807, 2.05) is 18.2 Å². The number of ether oxygens (including phenoxy) is 2. The van der Waals surface area contributed by atoms with E-state index in [2.05, 4.69) is 11.4 Å². The quantitative estimate of drug-likeness (QED) is 0.262. The molecule has 1 aliphatic heterocycles. The number of sulfonamides is 1. The average molecular weight is 650 g/mol. The Kier molecular flexibility index (Phi) is 11.6. The normalized spacial score (nSPS) is 16.2. The van der Waals surface area contributed by atoms with Crippen LogP contribution in [0.4, 0.5) is 4.39 Å². The molecule has 1 saturated heterocycles. The number of allylic oxidation sites excluding steroid dienone is 1. The van der Waals surface area contributed by atoms with Gasteiger partial charge in [0.15, 0.2) is 6.61 Å². The number of amides is 2. The number of halogens is 1. The van der Waals surface area contributed by atoms with E-state index in [9.17, 15) is 22.4 Å². The molecule has 2 amide bonds. The van der Waals surface area contributed by atoms with Crippen molar-refractivity contribution in [2.24, 2.45) is 0 Å². The first-order valence-corrected chi connectivity index (χ1v) is 17.1. The molecule has 0 spiro atoms. The van der Waals surface area contributed by atoms with Gasteiger partial charge in [0.1, 0.15) is 17.6 Å². The number of benzene rings is 3. The van der Waals surface area contributed by atoms with Crippen LogP contribution >= 0.6 is 0 Å². The van der Waals surface area contributed by atoms with Crippen LogP contribution in [0.15, 0.2) is 95.4 Å². The third-order valence-corrected chi connectivity index (χ3v) is 10.1. The van der Waals surface area contributed by atoms with E-state index in [1.165, 1.54) is 57.6 Å². The van der Waals surface area contributed by atoms with Crippen LogP contribution in [0.25, 0.3) is 0 Å². The van der Waals surface area contributed by atoms with Crippen LogP contribution < -0.4 is 10.1 Å². The van der Waals surface area contributed by atoms with Crippen LogP contribution in [0.2, 0.25) is 0 Å². The summed E-state index contributed by atoms with van der Waals surface area (Å²) in [7, 11) is -3.68. The second kappa shape index (κ2) is 16.0. The lowest BCUT2D eigenvalue weighted by molar-refractivity contribution is -0.143. The molecule has 3 aromatic rings. The van der Waals surface area contributed by atoms with Gasteiger partial charge in [0.2, 0.25) is 15.9 Å². The van der Waals surface area contributed by atoms with Gasteiger partial charge >= 0.3 is 0 Å². The van der Waals surface area contributed by atoms with E-state index in [0.717, 1.165) is 25.7 Å². The van der Waals surface area contributed by atoms with E-state index in [0.29, 0.717) is 36.6 Å². The van der Waals surface area contributed by atoms with Gasteiger partial charge in [-0.15, -0.1) is 0 Å². The summed E-state index contributed by atoms with van der Waals surface area (Å²) in [5, 5.41) is 3.04. The molecule has 0 radical (unpaired) electrons. The Morgan fingerprint density at radius 2 is 1.67 bits per heavy atom. The summed E-state index contributed by atoms with van der Waals surface area (Å²) in [6.07, 6.45) is 7.42. The molecule has 0 unspecified atom stereocenters. The fourth-order valence-electron chi connectivity index (χ4n) is 5.66. The van der Waals surface area contributed by atoms with Gasteiger partial charge in [-0.1, -0.05) is 54.1 Å². The number of carbonyl (C=O) groups excluding carboxylic acids is 2. The number of hydrogen-bond donors (Lipinski definition) is 1. The van der Waals surface area contributed by atoms with Crippen molar-refractivity contribution in [2.75, 3.05) is 39.5 Å². The van der Waals surface area contributed by atoms with Gasteiger partial charge in [0, 0.05) is 26.2 Å². The monoisotopic (exact) mass is 649 g/mol. The summed E-state index contributed by atoms with van der Waals surface area (Å²) in [5.74, 6) is -0.889. The highest BCUT2D eigenvalue weighted by molar-refractivity contribution is 7.89. The van der Waals surface area contributed by atoms with E-state index >= 15 is 0 Å². The smallest absolute Gasteiger partial charge is 0.261 e. The molecule has 46 heavy (non-hydrogen) atoms. The van der Waals surface area contributed by atoms with Crippen molar-refractivity contribution in [3.8, 4) is 5.75 Å². The lowest BCUT2D eigenvalue weighted by Gasteiger charge is -2.31. The van der Waals surface area contributed by atoms with Gasteiger partial charge in [0.25, 0.3) is 5.91 Å². The maximum absolute atomic E-state index is 13.9. The molecule has 3 aromatic carbocycles. The van der Waals surface area contributed by atoms with E-state index in [4.69, 9.17) is 9.47 Å². The molecule has 0 saturated carbocycles. The van der Waals surface area contributed by atoms with Crippen molar-refractivity contribution in [3.05, 3.63) is 107 Å². The van der Waals surface area contributed by atoms with E-state index in [1.54, 1.807) is 24.3 Å². The molecule has 1 aliphatic carbocycles. The molecule has 1 heterocycles. The second-order valence-corrected chi connectivity index (χ2v) is 13.3. The van der Waals surface area contributed by atoms with Crippen LogP contribution in [-0.4, -0.2) is 68.9 Å². The third kappa shape index (κ3) is 8.80. The minimum absolute atomic E-state index is 0.0390. The van der Waals surface area contributed by atoms with Crippen LogP contribution in [0.5, 0.6) is 5.75 Å². The Bertz CT molecular complexity index is 1590. The van der Waals surface area contributed by atoms with Crippen molar-refractivity contribution < 1.29 is 31.9 Å². The van der Waals surface area contributed by atoms with Gasteiger partial charge in [0.05, 0.1) is 18.1 Å². The van der Waals surface area contributed by atoms with Crippen LogP contribution in [-0.2, 0) is 30.9 Å². The highest BCUT2D eigenvalue weighted by Gasteiger charge is 2.32. The Hall–Kier alpha value is -4.06. The molecule has 11 heteroatoms. The van der Waals surface area contributed by atoms with Gasteiger partial charge in [-0.05, 0) is 79.6 Å². The summed E-state index contributed by atoms with van der Waals surface area (Å²) < 4.78 is 52.2. The SMILES string of the molecule is O=C(NCCC1=CCCCC1)[C@@H](c1ccccc1)N(Cc1ccc(F)cc1)C(=O)COc1ccc(S(=O)(=O)N2CCOCC2)cc1. The molecule has 0 bridgehead atoms. The third-order valence-electron chi connectivity index (χ3n) is 8.19. The molecular weight excluding hydrogens is 609 g/mol. The Morgan fingerprint density at radius 1 is 0.957 bits per heavy atom. The molecule has 1 atom stereocenters. The fraction of sp³-hybridized carbons (Fsp3) is 0.371. The Labute approximate surface area is 270 Å². The maximum atomic E-state index is 13.9. The second-order valence-electron chi connectivity index (χ2n) is 11.4. The van der Waals surface area contributed by atoms with Crippen molar-refractivity contribution in [2.45, 2.75) is 49.6 Å². The molecule has 1 N–H and O–H groups in total. The zero-order valence-corrected chi connectivity index (χ0v) is 26.6. The topological polar surface area (TPSA) is 105 Å². The fourth-order valence-corrected chi connectivity index (χ4v) is 7.07. The van der Waals surface area contributed by atoms with Gasteiger partial charge in [-0.25, -0.2) is 12.8 Å². The summed E-state index contributed by atoms with van der Waals surface area (Å²) in [6.45, 7) is 1.34. The van der Waals surface area contributed by atoms with Gasteiger partial charge < -0.3 is 19.7 Å². The van der Waals surface area contributed by atoms with Crippen LogP contribution in [0, 0.1) is 5.82 Å². The minimum Gasteiger partial charge on any atom is -0.484 e. The molecule has 1 fully saturated rings. The summed E-state index contributed by atoms with van der Waals surface area (Å²) in [6, 6.07) is 19.8. The van der Waals surface area contributed by atoms with Crippen molar-refractivity contribution in [1.82, 2.24) is 14.5 Å². The van der Waals surface area contributed by atoms with Crippen LogP contribution in [0.1, 0.15) is 49.3 Å². The van der Waals surface area contributed by atoms with Crippen LogP contribution in [0.3, 0.4) is 0 Å². The number of rotatable bonds is 13. The zero-order valence-electron chi connectivity index (χ0n) is 25.8. The predicted octanol–water partition coefficient (Wildman–Crippen LogP) is 5.00. The first kappa shape index (κ1) is 33.3. The molecule has 9 nitrogen and oxygen atoms in total. The van der Waals surface area contributed by atoms with Crippen molar-refractivity contribution in [3.63, 3.8) is 0 Å². The summed E-state index contributed by atoms with van der Waals surface area (Å²) in [4.78, 5) is 29.3. The lowest BCUT2D eigenvalue weighted by atomic mass is 9.97. The lowest BCUT2D eigenvalue weighted by Crippen LogP contribution is -2.45. The summed E-state index contributed by atoms with van der Waals surface area (Å²) >= 11 is 0.